The smallest absolute Gasteiger partial charge is 0.339 e. The Balaban J connectivity index is 2.16. The molecule has 0 aromatic heterocycles. The summed E-state index contributed by atoms with van der Waals surface area (Å²) in [4.78, 5) is 14.2. The lowest BCUT2D eigenvalue weighted by Gasteiger charge is -2.34. The lowest BCUT2D eigenvalue weighted by atomic mass is 9.86. The largest absolute Gasteiger partial charge is 0.489 e. The highest BCUT2D eigenvalue weighted by atomic mass is 32.2. The molecule has 2 atom stereocenters. The maximum Gasteiger partial charge on any atom is 0.339 e. The van der Waals surface area contributed by atoms with E-state index in [1.165, 1.54) is 17.8 Å². The van der Waals surface area contributed by atoms with Crippen LogP contribution in [0.4, 0.5) is 11.4 Å². The zero-order chi connectivity index (χ0) is 25.1. The fourth-order valence-corrected chi connectivity index (χ4v) is 6.82. The van der Waals surface area contributed by atoms with Gasteiger partial charge in [-0.15, -0.1) is 11.8 Å². The van der Waals surface area contributed by atoms with Crippen LogP contribution < -0.4 is 9.64 Å². The normalized spacial score (nSPS) is 21.3. The molecule has 0 fully saturated rings. The Morgan fingerprint density at radius 3 is 2.53 bits per heavy atom. The van der Waals surface area contributed by atoms with Crippen molar-refractivity contribution in [2.45, 2.75) is 55.4 Å². The number of carboxylic acid groups (broad SMARTS) is 1. The van der Waals surface area contributed by atoms with Crippen molar-refractivity contribution in [3.63, 3.8) is 0 Å². The minimum Gasteiger partial charge on any atom is -0.489 e. The fraction of sp³-hybridized carbons (Fsp3) is 0.480. The first-order valence-corrected chi connectivity index (χ1v) is 14.2. The van der Waals surface area contributed by atoms with Gasteiger partial charge in [0, 0.05) is 18.3 Å². The number of nitrogens with zero attached hydrogens (tertiary/aromatic N) is 1. The lowest BCUT2D eigenvalue weighted by Crippen LogP contribution is -2.41. The number of carbonyl (C=O) groups is 1. The number of sulfone groups is 1. The summed E-state index contributed by atoms with van der Waals surface area (Å²) in [5, 5.41) is 19.3. The Morgan fingerprint density at radius 1 is 1.26 bits per heavy atom. The molecule has 2 aromatic carbocycles. The highest BCUT2D eigenvalue weighted by Gasteiger charge is 2.40. The number of hydrogen-bond donors (Lipinski definition) is 2. The van der Waals surface area contributed by atoms with Crippen LogP contribution in [0.5, 0.6) is 5.75 Å². The molecule has 0 saturated heterocycles. The predicted molar refractivity (Wildman–Crippen MR) is 135 cm³/mol. The number of anilines is 2. The van der Waals surface area contributed by atoms with Gasteiger partial charge in [-0.25, -0.2) is 13.2 Å². The molecule has 2 N–H and O–H groups in total. The van der Waals surface area contributed by atoms with E-state index < -0.39 is 33.4 Å². The lowest BCUT2D eigenvalue weighted by molar-refractivity contribution is -0.159. The van der Waals surface area contributed by atoms with E-state index in [4.69, 9.17) is 4.74 Å². The molecule has 9 heteroatoms. The van der Waals surface area contributed by atoms with Crippen molar-refractivity contribution in [2.24, 2.45) is 5.41 Å². The van der Waals surface area contributed by atoms with E-state index in [0.29, 0.717) is 17.1 Å². The molecule has 0 radical (unpaired) electrons. The molecule has 2 unspecified atom stereocenters. The quantitative estimate of drug-likeness (QED) is 0.469. The molecule has 2 aromatic rings. The van der Waals surface area contributed by atoms with Crippen molar-refractivity contribution in [1.29, 1.82) is 0 Å². The third kappa shape index (κ3) is 5.70. The van der Waals surface area contributed by atoms with E-state index in [-0.39, 0.29) is 16.4 Å². The van der Waals surface area contributed by atoms with Gasteiger partial charge in [0.15, 0.2) is 15.4 Å². The molecular formula is C25H33NO6S2. The average molecular weight is 508 g/mol. The van der Waals surface area contributed by atoms with Crippen molar-refractivity contribution in [2.75, 3.05) is 30.1 Å². The molecule has 34 heavy (non-hydrogen) atoms. The Labute approximate surface area is 206 Å². The maximum atomic E-state index is 13.7. The Hall–Kier alpha value is -2.23. The molecule has 0 amide bonds. The van der Waals surface area contributed by atoms with E-state index in [9.17, 15) is 23.4 Å². The summed E-state index contributed by atoms with van der Waals surface area (Å²) in [6.07, 6.45) is 4.53. The first-order chi connectivity index (χ1) is 15.9. The van der Waals surface area contributed by atoms with Gasteiger partial charge in [0.2, 0.25) is 0 Å². The second-order valence-electron chi connectivity index (χ2n) is 9.43. The monoisotopic (exact) mass is 507 g/mol. The molecular weight excluding hydrogens is 474 g/mol. The van der Waals surface area contributed by atoms with Crippen LogP contribution >= 0.6 is 11.8 Å². The molecule has 0 saturated carbocycles. The number of hydrogen-bond acceptors (Lipinski definition) is 7. The van der Waals surface area contributed by atoms with Crippen molar-refractivity contribution < 1.29 is 28.2 Å². The van der Waals surface area contributed by atoms with Crippen LogP contribution in [-0.4, -0.2) is 55.4 Å². The van der Waals surface area contributed by atoms with E-state index >= 15 is 0 Å². The van der Waals surface area contributed by atoms with Crippen molar-refractivity contribution in [3.8, 4) is 5.75 Å². The number of thioether (sulfide) groups is 1. The molecule has 1 heterocycles. The average Bonchev–Trinajstić information content (AvgIpc) is 2.87. The molecule has 1 aliphatic heterocycles. The summed E-state index contributed by atoms with van der Waals surface area (Å²) in [5.74, 6) is -1.18. The molecule has 0 spiro atoms. The number of unbranched alkanes of at least 4 members (excludes halogenated alkanes) is 1. The van der Waals surface area contributed by atoms with Crippen molar-refractivity contribution in [3.05, 3.63) is 42.5 Å². The third-order valence-electron chi connectivity index (χ3n) is 6.12. The van der Waals surface area contributed by atoms with Crippen molar-refractivity contribution in [1.82, 2.24) is 0 Å². The number of para-hydroxylation sites is 1. The van der Waals surface area contributed by atoms with Gasteiger partial charge in [0.25, 0.3) is 0 Å². The number of aliphatic carboxylic acids is 1. The van der Waals surface area contributed by atoms with Gasteiger partial charge in [-0.1, -0.05) is 44.9 Å². The minimum atomic E-state index is -3.68. The van der Waals surface area contributed by atoms with Crippen LogP contribution in [0.2, 0.25) is 0 Å². The molecule has 1 aliphatic rings. The molecule has 7 nitrogen and oxygen atoms in total. The van der Waals surface area contributed by atoms with Gasteiger partial charge < -0.3 is 19.8 Å². The summed E-state index contributed by atoms with van der Waals surface area (Å²) in [7, 11) is -3.68. The Bertz CT molecular complexity index is 1130. The first kappa shape index (κ1) is 26.4. The van der Waals surface area contributed by atoms with E-state index in [0.717, 1.165) is 31.9 Å². The maximum absolute atomic E-state index is 13.7. The highest BCUT2D eigenvalue weighted by Crippen LogP contribution is 2.46. The predicted octanol–water partition coefficient (Wildman–Crippen LogP) is 4.74. The number of aliphatic hydroxyl groups is 1. The molecule has 0 aliphatic carbocycles. The zero-order valence-electron chi connectivity index (χ0n) is 20.1. The van der Waals surface area contributed by atoms with Crippen LogP contribution in [0, 0.1) is 5.41 Å². The van der Waals surface area contributed by atoms with Crippen LogP contribution in [0.25, 0.3) is 0 Å². The van der Waals surface area contributed by atoms with Crippen LogP contribution in [0.15, 0.2) is 52.3 Å². The number of ether oxygens (including phenoxy) is 1. The zero-order valence-corrected chi connectivity index (χ0v) is 21.7. The summed E-state index contributed by atoms with van der Waals surface area (Å²) < 4.78 is 33.0. The number of benzene rings is 2. The summed E-state index contributed by atoms with van der Waals surface area (Å²) >= 11 is 1.37. The van der Waals surface area contributed by atoms with Crippen LogP contribution in [0.3, 0.4) is 0 Å². The fourth-order valence-electron chi connectivity index (χ4n) is 4.19. The first-order valence-electron chi connectivity index (χ1n) is 11.3. The van der Waals surface area contributed by atoms with E-state index in [1.807, 2.05) is 43.5 Å². The van der Waals surface area contributed by atoms with Crippen molar-refractivity contribution >= 4 is 38.9 Å². The van der Waals surface area contributed by atoms with Gasteiger partial charge >= 0.3 is 5.97 Å². The standard InChI is InChI=1S/C25H33NO6S2/c1-5-6-12-24(2)15-26(18-10-8-7-9-11-18)19-13-21(33-4)20(14-22(19)34(30,31)17-24)32-16-25(3,29)23(27)28/h7-11,13-14,29H,5-6,12,15-17H2,1-4H3,(H,27,28). The van der Waals surface area contributed by atoms with Gasteiger partial charge in [0.1, 0.15) is 12.4 Å². The van der Waals surface area contributed by atoms with Gasteiger partial charge in [0.05, 0.1) is 21.2 Å². The molecule has 3 rings (SSSR count). The minimum absolute atomic E-state index is 0.00122. The van der Waals surface area contributed by atoms with Crippen LogP contribution in [-0.2, 0) is 14.6 Å². The third-order valence-corrected chi connectivity index (χ3v) is 8.95. The highest BCUT2D eigenvalue weighted by molar-refractivity contribution is 7.98. The van der Waals surface area contributed by atoms with Gasteiger partial charge in [-0.3, -0.25) is 0 Å². The summed E-state index contributed by atoms with van der Waals surface area (Å²) in [5.41, 5.74) is -1.08. The summed E-state index contributed by atoms with van der Waals surface area (Å²) in [6.45, 7) is 5.30. The van der Waals surface area contributed by atoms with Crippen LogP contribution in [0.1, 0.15) is 40.0 Å². The second-order valence-corrected chi connectivity index (χ2v) is 12.2. The summed E-state index contributed by atoms with van der Waals surface area (Å²) in [6, 6.07) is 13.0. The number of carboxylic acids is 1. The van der Waals surface area contributed by atoms with Gasteiger partial charge in [-0.2, -0.15) is 0 Å². The number of fused-ring (bicyclic) bond motifs is 1. The Morgan fingerprint density at radius 2 is 1.94 bits per heavy atom. The molecule has 186 valence electrons. The SMILES string of the molecule is CCCCC1(C)CN(c2ccccc2)c2cc(SC)c(OCC(C)(O)C(=O)O)cc2S(=O)(=O)C1. The Kier molecular flexibility index (Phi) is 7.89. The van der Waals surface area contributed by atoms with E-state index in [2.05, 4.69) is 11.8 Å². The molecule has 0 bridgehead atoms. The number of rotatable bonds is 9. The topological polar surface area (TPSA) is 104 Å². The second kappa shape index (κ2) is 10.2. The van der Waals surface area contributed by atoms with Gasteiger partial charge in [-0.05, 0) is 43.2 Å². The van der Waals surface area contributed by atoms with E-state index in [1.54, 1.807) is 6.07 Å².